The van der Waals surface area contributed by atoms with E-state index in [1.54, 1.807) is 20.4 Å². The second-order valence-electron chi connectivity index (χ2n) is 5.48. The van der Waals surface area contributed by atoms with E-state index in [0.29, 0.717) is 5.56 Å². The molecule has 1 atom stereocenters. The molecule has 0 radical (unpaired) electrons. The highest BCUT2D eigenvalue weighted by molar-refractivity contribution is 5.50. The van der Waals surface area contributed by atoms with Gasteiger partial charge in [0.15, 0.2) is 0 Å². The van der Waals surface area contributed by atoms with E-state index in [-0.39, 0.29) is 6.04 Å². The smallest absolute Gasteiger partial charge is 0.129 e. The number of ether oxygens (including phenoxy) is 2. The van der Waals surface area contributed by atoms with Gasteiger partial charge in [0.05, 0.1) is 25.8 Å². The highest BCUT2D eigenvalue weighted by atomic mass is 16.5. The fourth-order valence-corrected chi connectivity index (χ4v) is 3.08. The molecule has 3 rings (SSSR count). The van der Waals surface area contributed by atoms with Gasteiger partial charge in [0.1, 0.15) is 23.4 Å². The number of rotatable bonds is 4. The summed E-state index contributed by atoms with van der Waals surface area (Å²) >= 11 is 0. The number of hydrogen-bond donors (Lipinski definition) is 0. The Kier molecular flexibility index (Phi) is 4.33. The maximum Gasteiger partial charge on any atom is 0.129 e. The molecular formula is C18H19N3O2. The number of methoxy groups -OCH3 is 2. The van der Waals surface area contributed by atoms with Crippen LogP contribution in [-0.4, -0.2) is 25.7 Å². The summed E-state index contributed by atoms with van der Waals surface area (Å²) < 4.78 is 10.8. The van der Waals surface area contributed by atoms with Gasteiger partial charge in [-0.25, -0.2) is 4.98 Å². The number of hydrogen-bond acceptors (Lipinski definition) is 5. The maximum absolute atomic E-state index is 8.91. The summed E-state index contributed by atoms with van der Waals surface area (Å²) in [7, 11) is 3.33. The fourth-order valence-electron chi connectivity index (χ4n) is 3.08. The largest absolute Gasteiger partial charge is 0.497 e. The molecule has 1 aromatic carbocycles. The molecule has 2 heterocycles. The minimum absolute atomic E-state index is 0.219. The molecular weight excluding hydrogens is 290 g/mol. The molecule has 1 aromatic heterocycles. The van der Waals surface area contributed by atoms with Crippen LogP contribution in [0.5, 0.6) is 11.5 Å². The first-order chi connectivity index (χ1) is 11.3. The predicted molar refractivity (Wildman–Crippen MR) is 87.8 cm³/mol. The summed E-state index contributed by atoms with van der Waals surface area (Å²) in [6.07, 6.45) is 3.77. The molecule has 23 heavy (non-hydrogen) atoms. The van der Waals surface area contributed by atoms with Crippen molar-refractivity contribution in [2.24, 2.45) is 0 Å². The first-order valence-corrected chi connectivity index (χ1v) is 7.61. The SMILES string of the molecule is COc1ccc([C@H]2CCCN2c2ccc(C#N)cn2)c(OC)c1. The van der Waals surface area contributed by atoms with Crippen molar-refractivity contribution >= 4 is 5.82 Å². The Labute approximate surface area is 136 Å². The van der Waals surface area contributed by atoms with Crippen molar-refractivity contribution in [2.75, 3.05) is 25.7 Å². The Bertz CT molecular complexity index is 722. The van der Waals surface area contributed by atoms with Gasteiger partial charge in [-0.2, -0.15) is 5.26 Å². The third-order valence-corrected chi connectivity index (χ3v) is 4.22. The van der Waals surface area contributed by atoms with Crippen molar-refractivity contribution in [1.82, 2.24) is 4.98 Å². The van der Waals surface area contributed by atoms with Gasteiger partial charge in [0.25, 0.3) is 0 Å². The Morgan fingerprint density at radius 3 is 2.74 bits per heavy atom. The zero-order valence-corrected chi connectivity index (χ0v) is 13.3. The summed E-state index contributed by atoms with van der Waals surface area (Å²) in [5.74, 6) is 2.51. The second-order valence-corrected chi connectivity index (χ2v) is 5.48. The van der Waals surface area contributed by atoms with Crippen LogP contribution in [0, 0.1) is 11.3 Å². The van der Waals surface area contributed by atoms with E-state index < -0.39 is 0 Å². The number of anilines is 1. The molecule has 118 valence electrons. The minimum Gasteiger partial charge on any atom is -0.497 e. The van der Waals surface area contributed by atoms with Gasteiger partial charge in [-0.15, -0.1) is 0 Å². The first-order valence-electron chi connectivity index (χ1n) is 7.61. The lowest BCUT2D eigenvalue weighted by molar-refractivity contribution is 0.388. The molecule has 0 spiro atoms. The Morgan fingerprint density at radius 2 is 2.09 bits per heavy atom. The zero-order valence-electron chi connectivity index (χ0n) is 13.3. The van der Waals surface area contributed by atoms with Gasteiger partial charge in [-0.05, 0) is 37.1 Å². The van der Waals surface area contributed by atoms with Gasteiger partial charge in [0, 0.05) is 24.4 Å². The van der Waals surface area contributed by atoms with Crippen molar-refractivity contribution < 1.29 is 9.47 Å². The molecule has 1 saturated heterocycles. The molecule has 2 aromatic rings. The molecule has 5 nitrogen and oxygen atoms in total. The predicted octanol–water partition coefficient (Wildman–Crippen LogP) is 3.31. The van der Waals surface area contributed by atoms with Gasteiger partial charge >= 0.3 is 0 Å². The van der Waals surface area contributed by atoms with Crippen LogP contribution >= 0.6 is 0 Å². The fraction of sp³-hybridized carbons (Fsp3) is 0.333. The summed E-state index contributed by atoms with van der Waals surface area (Å²) in [6, 6.07) is 12.0. The molecule has 0 amide bonds. The van der Waals surface area contributed by atoms with Crippen molar-refractivity contribution in [3.8, 4) is 17.6 Å². The topological polar surface area (TPSA) is 58.4 Å². The van der Waals surface area contributed by atoms with Crippen molar-refractivity contribution in [1.29, 1.82) is 5.26 Å². The molecule has 1 aliphatic rings. The third-order valence-electron chi connectivity index (χ3n) is 4.22. The molecule has 0 aliphatic carbocycles. The number of nitriles is 1. The number of nitrogens with zero attached hydrogens (tertiary/aromatic N) is 3. The van der Waals surface area contributed by atoms with Gasteiger partial charge in [0.2, 0.25) is 0 Å². The van der Waals surface area contributed by atoms with Crippen LogP contribution in [0.1, 0.15) is 30.0 Å². The Morgan fingerprint density at radius 1 is 1.22 bits per heavy atom. The zero-order chi connectivity index (χ0) is 16.2. The van der Waals surface area contributed by atoms with Gasteiger partial charge in [-0.1, -0.05) is 0 Å². The second kappa shape index (κ2) is 6.57. The number of pyridine rings is 1. The summed E-state index contributed by atoms with van der Waals surface area (Å²) in [6.45, 7) is 0.943. The van der Waals surface area contributed by atoms with Crippen LogP contribution in [-0.2, 0) is 0 Å². The minimum atomic E-state index is 0.219. The Hall–Kier alpha value is -2.74. The molecule has 0 unspecified atom stereocenters. The quantitative estimate of drug-likeness (QED) is 0.867. The molecule has 1 fully saturated rings. The molecule has 0 N–H and O–H groups in total. The van der Waals surface area contributed by atoms with E-state index in [4.69, 9.17) is 14.7 Å². The van der Waals surface area contributed by atoms with Crippen LogP contribution in [0.4, 0.5) is 5.82 Å². The molecule has 0 saturated carbocycles. The number of benzene rings is 1. The van der Waals surface area contributed by atoms with E-state index >= 15 is 0 Å². The standard InChI is InChI=1S/C18H19N3O2/c1-22-14-6-7-15(17(10-14)23-2)16-4-3-9-21(16)18-8-5-13(11-19)12-20-18/h5-8,10,12,16H,3-4,9H2,1-2H3/t16-/m1/s1. The lowest BCUT2D eigenvalue weighted by atomic mass is 10.0. The van der Waals surface area contributed by atoms with E-state index in [9.17, 15) is 0 Å². The normalized spacial score (nSPS) is 16.9. The van der Waals surface area contributed by atoms with E-state index in [1.165, 1.54) is 0 Å². The molecule has 1 aliphatic heterocycles. The molecule has 5 heteroatoms. The maximum atomic E-state index is 8.91. The van der Waals surface area contributed by atoms with E-state index in [1.807, 2.05) is 24.3 Å². The van der Waals surface area contributed by atoms with E-state index in [0.717, 1.165) is 42.3 Å². The Balaban J connectivity index is 1.93. The van der Waals surface area contributed by atoms with Crippen LogP contribution in [0.25, 0.3) is 0 Å². The third kappa shape index (κ3) is 2.93. The van der Waals surface area contributed by atoms with Crippen LogP contribution in [0.3, 0.4) is 0 Å². The van der Waals surface area contributed by atoms with E-state index in [2.05, 4.69) is 22.0 Å². The van der Waals surface area contributed by atoms with Crippen molar-refractivity contribution in [2.45, 2.75) is 18.9 Å². The van der Waals surface area contributed by atoms with Crippen LogP contribution in [0.2, 0.25) is 0 Å². The first kappa shape index (κ1) is 15.2. The molecule has 0 bridgehead atoms. The average Bonchev–Trinajstić information content (AvgIpc) is 3.10. The summed E-state index contributed by atoms with van der Waals surface area (Å²) in [5, 5.41) is 8.91. The van der Waals surface area contributed by atoms with Crippen LogP contribution < -0.4 is 14.4 Å². The average molecular weight is 309 g/mol. The lowest BCUT2D eigenvalue weighted by Gasteiger charge is -2.27. The monoisotopic (exact) mass is 309 g/mol. The number of aromatic nitrogens is 1. The summed E-state index contributed by atoms with van der Waals surface area (Å²) in [5.41, 5.74) is 1.71. The summed E-state index contributed by atoms with van der Waals surface area (Å²) in [4.78, 5) is 6.70. The highest BCUT2D eigenvalue weighted by Crippen LogP contribution is 2.40. The van der Waals surface area contributed by atoms with Crippen molar-refractivity contribution in [3.63, 3.8) is 0 Å². The van der Waals surface area contributed by atoms with Gasteiger partial charge < -0.3 is 14.4 Å². The van der Waals surface area contributed by atoms with Gasteiger partial charge in [-0.3, -0.25) is 0 Å². The highest BCUT2D eigenvalue weighted by Gasteiger charge is 2.29. The van der Waals surface area contributed by atoms with Crippen LogP contribution in [0.15, 0.2) is 36.5 Å². The van der Waals surface area contributed by atoms with Crippen molar-refractivity contribution in [3.05, 3.63) is 47.7 Å². The lowest BCUT2D eigenvalue weighted by Crippen LogP contribution is -2.23.